The molecule has 1 saturated heterocycles. The molecule has 0 aliphatic carbocycles. The molecule has 1 aliphatic rings. The van der Waals surface area contributed by atoms with E-state index in [9.17, 15) is 13.2 Å². The number of hydrogen-bond acceptors (Lipinski definition) is 5. The number of sulfonamides is 1. The Morgan fingerprint density at radius 3 is 2.30 bits per heavy atom. The summed E-state index contributed by atoms with van der Waals surface area (Å²) in [6.07, 6.45) is 2.23. The lowest BCUT2D eigenvalue weighted by Crippen LogP contribution is -2.51. The van der Waals surface area contributed by atoms with Crippen LogP contribution in [0.4, 0.5) is 0 Å². The summed E-state index contributed by atoms with van der Waals surface area (Å²) < 4.78 is 34.0. The molecule has 0 bridgehead atoms. The van der Waals surface area contributed by atoms with Crippen LogP contribution in [0.2, 0.25) is 0 Å². The quantitative estimate of drug-likeness (QED) is 0.553. The van der Waals surface area contributed by atoms with Crippen molar-refractivity contribution in [3.63, 3.8) is 0 Å². The zero-order chi connectivity index (χ0) is 24.0. The number of amides is 1. The van der Waals surface area contributed by atoms with Crippen molar-refractivity contribution in [3.05, 3.63) is 59.7 Å². The van der Waals surface area contributed by atoms with E-state index in [1.54, 1.807) is 31.4 Å². The molecule has 2 aromatic rings. The van der Waals surface area contributed by atoms with Crippen molar-refractivity contribution >= 4 is 15.9 Å². The summed E-state index contributed by atoms with van der Waals surface area (Å²) in [5.74, 6) is 0.227. The summed E-state index contributed by atoms with van der Waals surface area (Å²) in [7, 11) is -2.18. The first-order valence-corrected chi connectivity index (χ1v) is 12.9. The Hall–Kier alpha value is -2.42. The third-order valence-corrected chi connectivity index (χ3v) is 7.57. The number of benzene rings is 2. The highest BCUT2D eigenvalue weighted by atomic mass is 32.2. The van der Waals surface area contributed by atoms with Gasteiger partial charge in [-0.15, -0.1) is 0 Å². The second-order valence-corrected chi connectivity index (χ2v) is 10.6. The van der Waals surface area contributed by atoms with Crippen molar-refractivity contribution < 1.29 is 17.9 Å². The van der Waals surface area contributed by atoms with Crippen LogP contribution < -0.4 is 14.8 Å². The SMILES string of the molecule is COc1ccccc1[C@H](CNC(=O)[C@H](NS(=O)(=O)c1ccc(C)cc1)C(C)C)N1CCCC1. The van der Waals surface area contributed by atoms with Gasteiger partial charge in [-0.1, -0.05) is 49.7 Å². The number of aryl methyl sites for hydroxylation is 1. The van der Waals surface area contributed by atoms with E-state index in [-0.39, 0.29) is 22.8 Å². The van der Waals surface area contributed by atoms with E-state index in [4.69, 9.17) is 4.74 Å². The summed E-state index contributed by atoms with van der Waals surface area (Å²) in [6.45, 7) is 7.83. The van der Waals surface area contributed by atoms with Crippen LogP contribution in [0.15, 0.2) is 53.4 Å². The molecule has 1 fully saturated rings. The number of likely N-dealkylation sites (tertiary alicyclic amines) is 1. The molecule has 33 heavy (non-hydrogen) atoms. The van der Waals surface area contributed by atoms with Crippen molar-refractivity contribution in [2.24, 2.45) is 5.92 Å². The molecule has 0 aromatic heterocycles. The van der Waals surface area contributed by atoms with Crippen LogP contribution in [0, 0.1) is 12.8 Å². The Labute approximate surface area is 197 Å². The van der Waals surface area contributed by atoms with E-state index in [0.717, 1.165) is 42.8 Å². The molecule has 0 radical (unpaired) electrons. The van der Waals surface area contributed by atoms with Crippen LogP contribution >= 0.6 is 0 Å². The Kier molecular flexibility index (Phi) is 8.51. The van der Waals surface area contributed by atoms with Gasteiger partial charge in [-0.05, 0) is 57.0 Å². The molecule has 2 atom stereocenters. The Morgan fingerprint density at radius 1 is 1.06 bits per heavy atom. The van der Waals surface area contributed by atoms with Gasteiger partial charge in [0.2, 0.25) is 15.9 Å². The smallest absolute Gasteiger partial charge is 0.241 e. The fraction of sp³-hybridized carbons (Fsp3) is 0.480. The van der Waals surface area contributed by atoms with Gasteiger partial charge >= 0.3 is 0 Å². The van der Waals surface area contributed by atoms with Crippen LogP contribution in [-0.2, 0) is 14.8 Å². The molecule has 8 heteroatoms. The Bertz CT molecular complexity index is 1030. The molecular formula is C25H35N3O4S. The number of rotatable bonds is 10. The van der Waals surface area contributed by atoms with E-state index < -0.39 is 16.1 Å². The molecule has 0 saturated carbocycles. The zero-order valence-electron chi connectivity index (χ0n) is 19.9. The van der Waals surface area contributed by atoms with E-state index in [2.05, 4.69) is 14.9 Å². The first kappa shape index (κ1) is 25.2. The molecule has 0 spiro atoms. The van der Waals surface area contributed by atoms with Crippen molar-refractivity contribution in [3.8, 4) is 5.75 Å². The summed E-state index contributed by atoms with van der Waals surface area (Å²) in [5, 5.41) is 3.01. The first-order chi connectivity index (χ1) is 15.7. The zero-order valence-corrected chi connectivity index (χ0v) is 20.7. The van der Waals surface area contributed by atoms with Crippen molar-refractivity contribution in [1.82, 2.24) is 14.9 Å². The third kappa shape index (κ3) is 6.34. The van der Waals surface area contributed by atoms with E-state index in [1.165, 1.54) is 0 Å². The third-order valence-electron chi connectivity index (χ3n) is 6.11. The van der Waals surface area contributed by atoms with Gasteiger partial charge in [-0.25, -0.2) is 8.42 Å². The molecular weight excluding hydrogens is 438 g/mol. The predicted octanol–water partition coefficient (Wildman–Crippen LogP) is 3.26. The lowest BCUT2D eigenvalue weighted by atomic mass is 10.0. The standard InChI is InChI=1S/C25H35N3O4S/c1-18(2)24(27-33(30,31)20-13-11-19(3)12-14-20)25(29)26-17-22(28-15-7-8-16-28)21-9-5-6-10-23(21)32-4/h5-6,9-14,18,22,24,27H,7-8,15-17H2,1-4H3,(H,26,29)/t22-,24+/m0/s1. The number of hydrogen-bond donors (Lipinski definition) is 2. The van der Waals surface area contributed by atoms with Crippen molar-refractivity contribution in [1.29, 1.82) is 0 Å². The number of carbonyl (C=O) groups is 1. The van der Waals surface area contributed by atoms with Gasteiger partial charge in [0.1, 0.15) is 11.8 Å². The van der Waals surface area contributed by atoms with Crippen LogP contribution in [-0.4, -0.2) is 52.0 Å². The minimum absolute atomic E-state index is 0.0471. The fourth-order valence-electron chi connectivity index (χ4n) is 4.18. The number of para-hydroxylation sites is 1. The van der Waals surface area contributed by atoms with Gasteiger partial charge in [0, 0.05) is 12.1 Å². The fourth-order valence-corrected chi connectivity index (χ4v) is 5.53. The van der Waals surface area contributed by atoms with Crippen LogP contribution in [0.1, 0.15) is 43.9 Å². The Balaban J connectivity index is 1.76. The second-order valence-electron chi connectivity index (χ2n) is 8.90. The maximum atomic E-state index is 13.2. The van der Waals surface area contributed by atoms with E-state index in [0.29, 0.717) is 6.54 Å². The van der Waals surface area contributed by atoms with Gasteiger partial charge in [0.05, 0.1) is 18.0 Å². The number of nitrogens with zero attached hydrogens (tertiary/aromatic N) is 1. The molecule has 7 nitrogen and oxygen atoms in total. The summed E-state index contributed by atoms with van der Waals surface area (Å²) in [5.41, 5.74) is 1.99. The number of carbonyl (C=O) groups excluding carboxylic acids is 1. The molecule has 2 aromatic carbocycles. The Morgan fingerprint density at radius 2 is 1.70 bits per heavy atom. The maximum absolute atomic E-state index is 13.2. The largest absolute Gasteiger partial charge is 0.496 e. The van der Waals surface area contributed by atoms with Crippen LogP contribution in [0.3, 0.4) is 0 Å². The topological polar surface area (TPSA) is 87.7 Å². The predicted molar refractivity (Wildman–Crippen MR) is 130 cm³/mol. The molecule has 1 amide bonds. The van der Waals surface area contributed by atoms with E-state index in [1.807, 2.05) is 45.0 Å². The van der Waals surface area contributed by atoms with Gasteiger partial charge in [-0.2, -0.15) is 4.72 Å². The molecule has 1 aliphatic heterocycles. The average molecular weight is 474 g/mol. The number of ether oxygens (including phenoxy) is 1. The maximum Gasteiger partial charge on any atom is 0.241 e. The molecule has 1 heterocycles. The van der Waals surface area contributed by atoms with Gasteiger partial charge < -0.3 is 10.1 Å². The molecule has 2 N–H and O–H groups in total. The second kappa shape index (κ2) is 11.1. The highest BCUT2D eigenvalue weighted by molar-refractivity contribution is 7.89. The normalized spacial score (nSPS) is 16.5. The van der Waals surface area contributed by atoms with Crippen molar-refractivity contribution in [2.75, 3.05) is 26.7 Å². The van der Waals surface area contributed by atoms with Gasteiger partial charge in [0.25, 0.3) is 0 Å². The van der Waals surface area contributed by atoms with Crippen LogP contribution in [0.5, 0.6) is 5.75 Å². The minimum atomic E-state index is -3.82. The number of nitrogens with one attached hydrogen (secondary N) is 2. The first-order valence-electron chi connectivity index (χ1n) is 11.5. The van der Waals surface area contributed by atoms with Crippen molar-refractivity contribution in [2.45, 2.75) is 50.6 Å². The lowest BCUT2D eigenvalue weighted by molar-refractivity contribution is -0.123. The minimum Gasteiger partial charge on any atom is -0.496 e. The highest BCUT2D eigenvalue weighted by Crippen LogP contribution is 2.31. The van der Waals surface area contributed by atoms with Gasteiger partial charge in [0.15, 0.2) is 0 Å². The molecule has 180 valence electrons. The highest BCUT2D eigenvalue weighted by Gasteiger charge is 2.31. The molecule has 3 rings (SSSR count). The summed E-state index contributed by atoms with van der Waals surface area (Å²) in [6, 6.07) is 13.5. The van der Waals surface area contributed by atoms with Gasteiger partial charge in [-0.3, -0.25) is 9.69 Å². The monoisotopic (exact) mass is 473 g/mol. The summed E-state index contributed by atoms with van der Waals surface area (Å²) in [4.78, 5) is 15.7. The number of methoxy groups -OCH3 is 1. The lowest BCUT2D eigenvalue weighted by Gasteiger charge is -2.30. The summed E-state index contributed by atoms with van der Waals surface area (Å²) >= 11 is 0. The van der Waals surface area contributed by atoms with Crippen LogP contribution in [0.25, 0.3) is 0 Å². The van der Waals surface area contributed by atoms with E-state index >= 15 is 0 Å². The molecule has 0 unspecified atom stereocenters. The average Bonchev–Trinajstić information content (AvgIpc) is 3.32.